The molecule has 30 heavy (non-hydrogen) atoms. The molecule has 2 heterocycles. The van der Waals surface area contributed by atoms with Crippen molar-refractivity contribution in [1.82, 2.24) is 10.3 Å². The lowest BCUT2D eigenvalue weighted by Gasteiger charge is -2.07. The number of halogens is 3. The van der Waals surface area contributed by atoms with E-state index in [9.17, 15) is 13.2 Å². The van der Waals surface area contributed by atoms with Crippen molar-refractivity contribution in [2.45, 2.75) is 19.3 Å². The smallest absolute Gasteiger partial charge is 0.416 e. The molecule has 154 valence electrons. The van der Waals surface area contributed by atoms with Gasteiger partial charge in [0.25, 0.3) is 0 Å². The summed E-state index contributed by atoms with van der Waals surface area (Å²) in [6, 6.07) is 14.5. The summed E-state index contributed by atoms with van der Waals surface area (Å²) in [6.07, 6.45) is -0.827. The van der Waals surface area contributed by atoms with Gasteiger partial charge in [-0.3, -0.25) is 4.98 Å². The SMILES string of the molecule is COc1cc(CNCc2cccnc2)cc2cc(-c3ccc(C(F)(F)F)cc3)oc12. The van der Waals surface area contributed by atoms with Crippen molar-refractivity contribution >= 4 is 11.0 Å². The van der Waals surface area contributed by atoms with Gasteiger partial charge in [0, 0.05) is 36.4 Å². The maximum atomic E-state index is 12.8. The van der Waals surface area contributed by atoms with Crippen LogP contribution in [0.4, 0.5) is 13.2 Å². The lowest BCUT2D eigenvalue weighted by molar-refractivity contribution is -0.137. The van der Waals surface area contributed by atoms with Gasteiger partial charge in [-0.2, -0.15) is 13.2 Å². The van der Waals surface area contributed by atoms with Gasteiger partial charge in [0.1, 0.15) is 5.76 Å². The van der Waals surface area contributed by atoms with E-state index in [-0.39, 0.29) is 0 Å². The highest BCUT2D eigenvalue weighted by atomic mass is 19.4. The third-order valence-corrected chi connectivity index (χ3v) is 4.74. The summed E-state index contributed by atoms with van der Waals surface area (Å²) in [5.74, 6) is 1.06. The molecule has 0 fully saturated rings. The zero-order chi connectivity index (χ0) is 21.1. The molecule has 2 aromatic carbocycles. The number of rotatable bonds is 6. The summed E-state index contributed by atoms with van der Waals surface area (Å²) < 4.78 is 49.7. The van der Waals surface area contributed by atoms with Crippen LogP contribution in [0.15, 0.2) is 71.4 Å². The van der Waals surface area contributed by atoms with Crippen molar-refractivity contribution in [3.63, 3.8) is 0 Å². The Hall–Kier alpha value is -3.32. The Morgan fingerprint density at radius 3 is 2.43 bits per heavy atom. The van der Waals surface area contributed by atoms with Crippen LogP contribution in [0.3, 0.4) is 0 Å². The molecule has 0 radical (unpaired) electrons. The molecular formula is C23H19F3N2O2. The maximum absolute atomic E-state index is 12.8. The molecule has 4 nitrogen and oxygen atoms in total. The van der Waals surface area contributed by atoms with Gasteiger partial charge in [0.2, 0.25) is 0 Å². The van der Waals surface area contributed by atoms with E-state index in [1.807, 2.05) is 36.5 Å². The van der Waals surface area contributed by atoms with Crippen LogP contribution in [-0.2, 0) is 19.3 Å². The van der Waals surface area contributed by atoms with Crippen LogP contribution in [0.2, 0.25) is 0 Å². The third kappa shape index (κ3) is 4.31. The summed E-state index contributed by atoms with van der Waals surface area (Å²) in [5, 5.41) is 4.18. The Morgan fingerprint density at radius 1 is 1.00 bits per heavy atom. The monoisotopic (exact) mass is 412 g/mol. The van der Waals surface area contributed by atoms with E-state index in [2.05, 4.69) is 10.3 Å². The average molecular weight is 412 g/mol. The number of aromatic nitrogens is 1. The third-order valence-electron chi connectivity index (χ3n) is 4.74. The second kappa shape index (κ2) is 8.20. The standard InChI is InChI=1S/C23H19F3N2O2/c1-29-21-10-16(14-28-13-15-3-2-8-27-12-15)9-18-11-20(30-22(18)21)17-4-6-19(7-5-17)23(24,25)26/h2-12,28H,13-14H2,1H3. The number of nitrogens with zero attached hydrogens (tertiary/aromatic N) is 1. The minimum absolute atomic E-state index is 0.484. The largest absolute Gasteiger partial charge is 0.493 e. The zero-order valence-corrected chi connectivity index (χ0v) is 16.2. The highest BCUT2D eigenvalue weighted by Crippen LogP contribution is 2.36. The van der Waals surface area contributed by atoms with Gasteiger partial charge in [-0.1, -0.05) is 18.2 Å². The Bertz CT molecular complexity index is 1140. The number of methoxy groups -OCH3 is 1. The number of fused-ring (bicyclic) bond motifs is 1. The van der Waals surface area contributed by atoms with E-state index in [1.54, 1.807) is 13.3 Å². The molecule has 4 rings (SSSR count). The van der Waals surface area contributed by atoms with Crippen LogP contribution in [0.5, 0.6) is 5.75 Å². The van der Waals surface area contributed by atoms with Crippen LogP contribution in [0.1, 0.15) is 16.7 Å². The lowest BCUT2D eigenvalue weighted by atomic mass is 10.1. The fourth-order valence-corrected chi connectivity index (χ4v) is 3.25. The molecule has 0 aliphatic rings. The van der Waals surface area contributed by atoms with E-state index < -0.39 is 11.7 Å². The lowest BCUT2D eigenvalue weighted by Crippen LogP contribution is -2.12. The average Bonchev–Trinajstić information content (AvgIpc) is 3.18. The maximum Gasteiger partial charge on any atom is 0.416 e. The number of alkyl halides is 3. The molecule has 4 aromatic rings. The van der Waals surface area contributed by atoms with Crippen LogP contribution >= 0.6 is 0 Å². The summed E-state index contributed by atoms with van der Waals surface area (Å²) in [4.78, 5) is 4.09. The number of ether oxygens (including phenoxy) is 1. The van der Waals surface area contributed by atoms with Crippen molar-refractivity contribution in [3.05, 3.63) is 83.7 Å². The van der Waals surface area contributed by atoms with Crippen molar-refractivity contribution in [1.29, 1.82) is 0 Å². The fraction of sp³-hybridized carbons (Fsp3) is 0.174. The normalized spacial score (nSPS) is 11.7. The fourth-order valence-electron chi connectivity index (χ4n) is 3.25. The number of nitrogens with one attached hydrogen (secondary N) is 1. The number of benzene rings is 2. The van der Waals surface area contributed by atoms with Crippen LogP contribution in [0.25, 0.3) is 22.3 Å². The molecule has 0 saturated carbocycles. The minimum atomic E-state index is -4.37. The molecule has 0 bridgehead atoms. The first-order valence-corrected chi connectivity index (χ1v) is 9.32. The molecule has 0 aliphatic carbocycles. The van der Waals surface area contributed by atoms with Crippen molar-refractivity contribution in [2.75, 3.05) is 7.11 Å². The molecule has 0 amide bonds. The molecule has 0 unspecified atom stereocenters. The minimum Gasteiger partial charge on any atom is -0.493 e. The number of hydrogen-bond acceptors (Lipinski definition) is 4. The van der Waals surface area contributed by atoms with Gasteiger partial charge in [-0.15, -0.1) is 0 Å². The highest BCUT2D eigenvalue weighted by molar-refractivity contribution is 5.88. The summed E-state index contributed by atoms with van der Waals surface area (Å²) >= 11 is 0. The molecule has 0 atom stereocenters. The Morgan fingerprint density at radius 2 is 1.77 bits per heavy atom. The first kappa shape index (κ1) is 20.0. The molecule has 0 spiro atoms. The Balaban J connectivity index is 1.57. The number of pyridine rings is 1. The molecular weight excluding hydrogens is 393 g/mol. The van der Waals surface area contributed by atoms with Gasteiger partial charge < -0.3 is 14.5 Å². The summed E-state index contributed by atoms with van der Waals surface area (Å²) in [7, 11) is 1.56. The van der Waals surface area contributed by atoms with Crippen molar-refractivity contribution in [3.8, 4) is 17.1 Å². The van der Waals surface area contributed by atoms with E-state index in [0.29, 0.717) is 35.7 Å². The Kier molecular flexibility index (Phi) is 5.46. The molecule has 0 saturated heterocycles. The van der Waals surface area contributed by atoms with E-state index in [0.717, 1.165) is 28.6 Å². The van der Waals surface area contributed by atoms with Crippen LogP contribution in [-0.4, -0.2) is 12.1 Å². The van der Waals surface area contributed by atoms with Crippen molar-refractivity contribution < 1.29 is 22.3 Å². The second-order valence-corrected chi connectivity index (χ2v) is 6.87. The first-order chi connectivity index (χ1) is 14.4. The van der Waals surface area contributed by atoms with Crippen LogP contribution < -0.4 is 10.1 Å². The summed E-state index contributed by atoms with van der Waals surface area (Å²) in [6.45, 7) is 1.29. The van der Waals surface area contributed by atoms with E-state index >= 15 is 0 Å². The molecule has 2 aromatic heterocycles. The van der Waals surface area contributed by atoms with Gasteiger partial charge in [0.05, 0.1) is 12.7 Å². The number of furan rings is 1. The molecule has 7 heteroatoms. The quantitative estimate of drug-likeness (QED) is 0.434. The molecule has 1 N–H and O–H groups in total. The number of hydrogen-bond donors (Lipinski definition) is 1. The van der Waals surface area contributed by atoms with Crippen LogP contribution in [0, 0.1) is 0 Å². The first-order valence-electron chi connectivity index (χ1n) is 9.32. The predicted molar refractivity (Wildman–Crippen MR) is 108 cm³/mol. The predicted octanol–water partition coefficient (Wildman–Crippen LogP) is 5.81. The van der Waals surface area contributed by atoms with Crippen molar-refractivity contribution in [2.24, 2.45) is 0 Å². The second-order valence-electron chi connectivity index (χ2n) is 6.87. The summed E-state index contributed by atoms with van der Waals surface area (Å²) in [5.41, 5.74) is 2.52. The van der Waals surface area contributed by atoms with Gasteiger partial charge in [-0.05, 0) is 47.5 Å². The van der Waals surface area contributed by atoms with Gasteiger partial charge in [0.15, 0.2) is 11.3 Å². The van der Waals surface area contributed by atoms with E-state index in [4.69, 9.17) is 9.15 Å². The Labute approximate surface area is 171 Å². The van der Waals surface area contributed by atoms with Gasteiger partial charge in [-0.25, -0.2) is 0 Å². The zero-order valence-electron chi connectivity index (χ0n) is 16.2. The topological polar surface area (TPSA) is 47.3 Å². The highest BCUT2D eigenvalue weighted by Gasteiger charge is 2.30. The molecule has 0 aliphatic heterocycles. The van der Waals surface area contributed by atoms with E-state index in [1.165, 1.54) is 12.1 Å². The van der Waals surface area contributed by atoms with Gasteiger partial charge >= 0.3 is 6.18 Å².